The Labute approximate surface area is 138 Å². The van der Waals surface area contributed by atoms with E-state index in [2.05, 4.69) is 51.7 Å². The van der Waals surface area contributed by atoms with E-state index in [0.717, 1.165) is 43.2 Å². The van der Waals surface area contributed by atoms with E-state index in [0.29, 0.717) is 5.92 Å². The van der Waals surface area contributed by atoms with E-state index in [1.807, 2.05) is 7.05 Å². The quantitative estimate of drug-likeness (QED) is 0.570. The summed E-state index contributed by atoms with van der Waals surface area (Å²) >= 11 is 1.71. The maximum atomic E-state index is 4.63. The van der Waals surface area contributed by atoms with Crippen LogP contribution in [0.5, 0.6) is 0 Å². The van der Waals surface area contributed by atoms with Crippen LogP contribution in [-0.2, 0) is 6.54 Å². The SMILES string of the molecule is CCN(CCNC(=NC)NCc1nc(C(C)C)cs1)C1CC1. The first-order valence-electron chi connectivity index (χ1n) is 8.26. The van der Waals surface area contributed by atoms with Crippen LogP contribution in [0.4, 0.5) is 0 Å². The Balaban J connectivity index is 1.70. The van der Waals surface area contributed by atoms with Crippen LogP contribution in [0.25, 0.3) is 0 Å². The van der Waals surface area contributed by atoms with E-state index in [-0.39, 0.29) is 0 Å². The van der Waals surface area contributed by atoms with Gasteiger partial charge in [0.05, 0.1) is 12.2 Å². The third-order valence-electron chi connectivity index (χ3n) is 3.95. The van der Waals surface area contributed by atoms with Gasteiger partial charge in [0.15, 0.2) is 5.96 Å². The summed E-state index contributed by atoms with van der Waals surface area (Å²) < 4.78 is 0. The smallest absolute Gasteiger partial charge is 0.191 e. The minimum absolute atomic E-state index is 0.491. The summed E-state index contributed by atoms with van der Waals surface area (Å²) in [6.45, 7) is 10.5. The van der Waals surface area contributed by atoms with Crippen LogP contribution in [0.1, 0.15) is 50.2 Å². The molecule has 0 amide bonds. The Kier molecular flexibility index (Phi) is 6.64. The zero-order chi connectivity index (χ0) is 15.9. The lowest BCUT2D eigenvalue weighted by atomic mass is 10.2. The topological polar surface area (TPSA) is 52.5 Å². The lowest BCUT2D eigenvalue weighted by Gasteiger charge is -2.20. The number of hydrogen-bond donors (Lipinski definition) is 2. The van der Waals surface area contributed by atoms with Gasteiger partial charge in [0.25, 0.3) is 0 Å². The van der Waals surface area contributed by atoms with Gasteiger partial charge in [-0.25, -0.2) is 4.98 Å². The average Bonchev–Trinajstić information content (AvgIpc) is 3.23. The summed E-state index contributed by atoms with van der Waals surface area (Å²) in [5.74, 6) is 1.35. The normalized spacial score (nSPS) is 15.6. The van der Waals surface area contributed by atoms with Crippen molar-refractivity contribution in [2.24, 2.45) is 4.99 Å². The van der Waals surface area contributed by atoms with E-state index in [9.17, 15) is 0 Å². The van der Waals surface area contributed by atoms with Crippen molar-refractivity contribution in [3.8, 4) is 0 Å². The molecule has 0 radical (unpaired) electrons. The number of likely N-dealkylation sites (N-methyl/N-ethyl adjacent to an activating group) is 1. The summed E-state index contributed by atoms with van der Waals surface area (Å²) in [4.78, 5) is 11.5. The number of guanidine groups is 1. The molecule has 0 saturated heterocycles. The van der Waals surface area contributed by atoms with E-state index in [4.69, 9.17) is 0 Å². The lowest BCUT2D eigenvalue weighted by Crippen LogP contribution is -2.41. The Bertz CT molecular complexity index is 479. The van der Waals surface area contributed by atoms with Crippen LogP contribution in [0.15, 0.2) is 10.4 Å². The van der Waals surface area contributed by atoms with E-state index >= 15 is 0 Å². The number of hydrogen-bond acceptors (Lipinski definition) is 4. The highest BCUT2D eigenvalue weighted by Crippen LogP contribution is 2.25. The molecule has 0 spiro atoms. The number of rotatable bonds is 8. The molecule has 0 unspecified atom stereocenters. The fourth-order valence-corrected chi connectivity index (χ4v) is 3.30. The fraction of sp³-hybridized carbons (Fsp3) is 0.750. The van der Waals surface area contributed by atoms with Crippen molar-refractivity contribution in [1.82, 2.24) is 20.5 Å². The van der Waals surface area contributed by atoms with Gasteiger partial charge >= 0.3 is 0 Å². The molecule has 2 N–H and O–H groups in total. The Morgan fingerprint density at radius 1 is 1.45 bits per heavy atom. The van der Waals surface area contributed by atoms with Crippen LogP contribution in [0.3, 0.4) is 0 Å². The van der Waals surface area contributed by atoms with E-state index < -0.39 is 0 Å². The van der Waals surface area contributed by atoms with Crippen LogP contribution >= 0.6 is 11.3 Å². The molecule has 0 atom stereocenters. The highest BCUT2D eigenvalue weighted by Gasteiger charge is 2.27. The molecule has 1 aromatic heterocycles. The second-order valence-electron chi connectivity index (χ2n) is 6.03. The molecule has 1 aliphatic rings. The molecule has 124 valence electrons. The van der Waals surface area contributed by atoms with Crippen molar-refractivity contribution in [2.45, 2.75) is 52.1 Å². The first-order valence-corrected chi connectivity index (χ1v) is 9.14. The molecule has 0 aromatic carbocycles. The molecule has 5 nitrogen and oxygen atoms in total. The minimum atomic E-state index is 0.491. The summed E-state index contributed by atoms with van der Waals surface area (Å²) in [6, 6.07) is 0.826. The first-order chi connectivity index (χ1) is 10.6. The van der Waals surface area contributed by atoms with Gasteiger partial charge in [0, 0.05) is 31.6 Å². The Morgan fingerprint density at radius 2 is 2.23 bits per heavy atom. The average molecular weight is 324 g/mol. The molecule has 1 fully saturated rings. The molecule has 1 aromatic rings. The number of thiazole rings is 1. The predicted molar refractivity (Wildman–Crippen MR) is 94.7 cm³/mol. The highest BCUT2D eigenvalue weighted by molar-refractivity contribution is 7.09. The van der Waals surface area contributed by atoms with Gasteiger partial charge in [-0.2, -0.15) is 0 Å². The number of aliphatic imine (C=N–C) groups is 1. The van der Waals surface area contributed by atoms with E-state index in [1.165, 1.54) is 18.5 Å². The van der Waals surface area contributed by atoms with Crippen molar-refractivity contribution in [3.05, 3.63) is 16.1 Å². The predicted octanol–water partition coefficient (Wildman–Crippen LogP) is 2.42. The molecule has 1 heterocycles. The zero-order valence-corrected chi connectivity index (χ0v) is 15.0. The molecular weight excluding hydrogens is 294 g/mol. The maximum Gasteiger partial charge on any atom is 0.191 e. The van der Waals surface area contributed by atoms with Crippen LogP contribution in [0.2, 0.25) is 0 Å². The maximum absolute atomic E-state index is 4.63. The second-order valence-corrected chi connectivity index (χ2v) is 6.98. The minimum Gasteiger partial charge on any atom is -0.355 e. The summed E-state index contributed by atoms with van der Waals surface area (Å²) in [5.41, 5.74) is 1.17. The first kappa shape index (κ1) is 17.2. The van der Waals surface area contributed by atoms with Gasteiger partial charge in [-0.3, -0.25) is 9.89 Å². The fourth-order valence-electron chi connectivity index (χ4n) is 2.41. The van der Waals surface area contributed by atoms with Crippen LogP contribution in [-0.4, -0.2) is 48.6 Å². The van der Waals surface area contributed by atoms with Crippen LogP contribution < -0.4 is 10.6 Å². The number of nitrogens with one attached hydrogen (secondary N) is 2. The molecule has 0 aliphatic heterocycles. The molecular formula is C16H29N5S. The van der Waals surface area contributed by atoms with Gasteiger partial charge in [-0.1, -0.05) is 20.8 Å². The third-order valence-corrected chi connectivity index (χ3v) is 4.82. The van der Waals surface area contributed by atoms with Crippen LogP contribution in [0, 0.1) is 0 Å². The molecule has 6 heteroatoms. The summed E-state index contributed by atoms with van der Waals surface area (Å²) in [5, 5.41) is 9.99. The van der Waals surface area contributed by atoms with Gasteiger partial charge in [-0.15, -0.1) is 11.3 Å². The van der Waals surface area contributed by atoms with Gasteiger partial charge in [-0.05, 0) is 25.3 Å². The Morgan fingerprint density at radius 3 is 2.77 bits per heavy atom. The van der Waals surface area contributed by atoms with Gasteiger partial charge in [0.1, 0.15) is 5.01 Å². The largest absolute Gasteiger partial charge is 0.355 e. The summed E-state index contributed by atoms with van der Waals surface area (Å²) in [6.07, 6.45) is 2.73. The molecule has 2 rings (SSSR count). The molecule has 1 saturated carbocycles. The Hall–Kier alpha value is -1.14. The van der Waals surface area contributed by atoms with Crippen molar-refractivity contribution in [1.29, 1.82) is 0 Å². The molecule has 22 heavy (non-hydrogen) atoms. The molecule has 1 aliphatic carbocycles. The standard InChI is InChI=1S/C16H29N5S/c1-5-21(13-6-7-13)9-8-18-16(17-4)19-10-15-20-14(11-22-15)12(2)3/h11-13H,5-10H2,1-4H3,(H2,17,18,19). The second kappa shape index (κ2) is 8.48. The lowest BCUT2D eigenvalue weighted by molar-refractivity contribution is 0.282. The number of nitrogens with zero attached hydrogens (tertiary/aromatic N) is 3. The monoisotopic (exact) mass is 323 g/mol. The van der Waals surface area contributed by atoms with Crippen molar-refractivity contribution < 1.29 is 0 Å². The van der Waals surface area contributed by atoms with Gasteiger partial charge < -0.3 is 10.6 Å². The zero-order valence-electron chi connectivity index (χ0n) is 14.2. The third kappa shape index (κ3) is 5.25. The molecule has 0 bridgehead atoms. The highest BCUT2D eigenvalue weighted by atomic mass is 32.1. The number of aromatic nitrogens is 1. The van der Waals surface area contributed by atoms with Gasteiger partial charge in [0.2, 0.25) is 0 Å². The van der Waals surface area contributed by atoms with E-state index in [1.54, 1.807) is 11.3 Å². The van der Waals surface area contributed by atoms with Crippen molar-refractivity contribution >= 4 is 17.3 Å². The van der Waals surface area contributed by atoms with Crippen molar-refractivity contribution in [3.63, 3.8) is 0 Å². The summed E-state index contributed by atoms with van der Waals surface area (Å²) in [7, 11) is 1.81. The van der Waals surface area contributed by atoms with Crippen molar-refractivity contribution in [2.75, 3.05) is 26.7 Å².